The molecule has 0 atom stereocenters. The monoisotopic (exact) mass is 799 g/mol. The summed E-state index contributed by atoms with van der Waals surface area (Å²) in [7, 11) is 1.57. The maximum absolute atomic E-state index is 13.8. The number of nitrogens with one attached hydrogen (secondary N) is 3. The van der Waals surface area contributed by atoms with Gasteiger partial charge in [0.15, 0.2) is 0 Å². The van der Waals surface area contributed by atoms with Crippen LogP contribution in [-0.4, -0.2) is 72.5 Å². The predicted molar refractivity (Wildman–Crippen MR) is 215 cm³/mol. The SMILES string of the molecule is COCCOCCOCCOc1cc(Nc2nccc(Oc3ccc(NC(=O)Nc4cc(C(C)C)nn4-c4ccc(C)cc4)c4ccccc34)n2)cc(C(F)(F)F)c1. The fourth-order valence-electron chi connectivity index (χ4n) is 5.69. The number of hydrogen-bond acceptors (Lipinski definition) is 10. The second-order valence-corrected chi connectivity index (χ2v) is 13.3. The first kappa shape index (κ1) is 41.4. The zero-order chi connectivity index (χ0) is 41.1. The van der Waals surface area contributed by atoms with Gasteiger partial charge in [-0.3, -0.25) is 5.32 Å². The number of aromatic nitrogens is 4. The summed E-state index contributed by atoms with van der Waals surface area (Å²) in [6.07, 6.45) is -3.22. The molecule has 0 aliphatic carbocycles. The molecule has 0 bridgehead atoms. The van der Waals surface area contributed by atoms with E-state index in [4.69, 9.17) is 28.8 Å². The molecule has 0 aliphatic heterocycles. The second kappa shape index (κ2) is 19.3. The molecular formula is C42H44F3N7O6. The average Bonchev–Trinajstić information content (AvgIpc) is 3.62. The Morgan fingerprint density at radius 3 is 2.28 bits per heavy atom. The van der Waals surface area contributed by atoms with E-state index in [1.54, 1.807) is 23.9 Å². The van der Waals surface area contributed by atoms with E-state index in [1.165, 1.54) is 18.3 Å². The fourth-order valence-corrected chi connectivity index (χ4v) is 5.69. The van der Waals surface area contributed by atoms with E-state index in [0.29, 0.717) is 54.5 Å². The molecular weight excluding hydrogens is 755 g/mol. The van der Waals surface area contributed by atoms with Crippen molar-refractivity contribution in [2.75, 3.05) is 62.7 Å². The van der Waals surface area contributed by atoms with E-state index in [2.05, 4.69) is 25.9 Å². The highest BCUT2D eigenvalue weighted by molar-refractivity contribution is 6.07. The number of fused-ring (bicyclic) bond motifs is 1. The number of alkyl halides is 3. The summed E-state index contributed by atoms with van der Waals surface area (Å²) in [6, 6.07) is 24.8. The summed E-state index contributed by atoms with van der Waals surface area (Å²) < 4.78 is 70.6. The molecule has 0 unspecified atom stereocenters. The zero-order valence-electron chi connectivity index (χ0n) is 32.4. The number of aryl methyl sites for hydroxylation is 1. The first-order chi connectivity index (χ1) is 28.0. The van der Waals surface area contributed by atoms with Gasteiger partial charge in [0, 0.05) is 48.0 Å². The van der Waals surface area contributed by atoms with E-state index in [9.17, 15) is 18.0 Å². The number of rotatable bonds is 18. The minimum atomic E-state index is -4.64. The molecule has 0 spiro atoms. The van der Waals surface area contributed by atoms with Crippen molar-refractivity contribution in [3.63, 3.8) is 0 Å². The number of carbonyl (C=O) groups excluding carboxylic acids is 1. The highest BCUT2D eigenvalue weighted by atomic mass is 19.4. The van der Waals surface area contributed by atoms with Gasteiger partial charge in [-0.05, 0) is 49.2 Å². The number of carbonyl (C=O) groups is 1. The molecule has 4 aromatic carbocycles. The van der Waals surface area contributed by atoms with Crippen LogP contribution in [0.15, 0.2) is 97.2 Å². The lowest BCUT2D eigenvalue weighted by Crippen LogP contribution is -2.21. The van der Waals surface area contributed by atoms with Crippen molar-refractivity contribution in [2.24, 2.45) is 0 Å². The molecule has 0 saturated heterocycles. The molecule has 304 valence electrons. The molecule has 16 heteroatoms. The maximum atomic E-state index is 13.8. The molecule has 0 aliphatic rings. The molecule has 2 amide bonds. The lowest BCUT2D eigenvalue weighted by Gasteiger charge is -2.15. The van der Waals surface area contributed by atoms with Gasteiger partial charge in [-0.25, -0.2) is 14.5 Å². The van der Waals surface area contributed by atoms with Crippen molar-refractivity contribution in [2.45, 2.75) is 32.9 Å². The van der Waals surface area contributed by atoms with E-state index >= 15 is 0 Å². The number of halogens is 3. The van der Waals surface area contributed by atoms with Gasteiger partial charge in [-0.2, -0.15) is 23.3 Å². The van der Waals surface area contributed by atoms with Gasteiger partial charge in [-0.15, -0.1) is 0 Å². The smallest absolute Gasteiger partial charge is 0.416 e. The van der Waals surface area contributed by atoms with Crippen molar-refractivity contribution >= 4 is 39.9 Å². The molecule has 3 N–H and O–H groups in total. The molecule has 0 radical (unpaired) electrons. The number of ether oxygens (including phenoxy) is 5. The van der Waals surface area contributed by atoms with Gasteiger partial charge in [0.05, 0.1) is 55.7 Å². The fraction of sp³-hybridized carbons (Fsp3) is 0.286. The number of hydrogen-bond donors (Lipinski definition) is 3. The zero-order valence-corrected chi connectivity index (χ0v) is 32.4. The van der Waals surface area contributed by atoms with Crippen LogP contribution in [0.5, 0.6) is 17.4 Å². The largest absolute Gasteiger partial charge is 0.491 e. The maximum Gasteiger partial charge on any atom is 0.416 e. The van der Waals surface area contributed by atoms with E-state index in [-0.39, 0.29) is 42.4 Å². The molecule has 0 saturated carbocycles. The molecule has 2 aromatic heterocycles. The minimum absolute atomic E-state index is 0.00986. The Labute approximate surface area is 333 Å². The van der Waals surface area contributed by atoms with Gasteiger partial charge >= 0.3 is 12.2 Å². The summed E-state index contributed by atoms with van der Waals surface area (Å²) in [5, 5.41) is 14.8. The van der Waals surface area contributed by atoms with Crippen LogP contribution in [0.25, 0.3) is 16.5 Å². The van der Waals surface area contributed by atoms with Crippen molar-refractivity contribution in [1.29, 1.82) is 0 Å². The number of methoxy groups -OCH3 is 1. The number of amides is 2. The number of benzene rings is 4. The molecule has 2 heterocycles. The Morgan fingerprint density at radius 1 is 0.828 bits per heavy atom. The third-order valence-electron chi connectivity index (χ3n) is 8.61. The molecule has 58 heavy (non-hydrogen) atoms. The van der Waals surface area contributed by atoms with Crippen LogP contribution in [0.3, 0.4) is 0 Å². The summed E-state index contributed by atoms with van der Waals surface area (Å²) in [5.74, 6) is 1.17. The van der Waals surface area contributed by atoms with E-state index in [0.717, 1.165) is 29.1 Å². The highest BCUT2D eigenvalue weighted by Crippen LogP contribution is 2.36. The first-order valence-corrected chi connectivity index (χ1v) is 18.5. The molecule has 6 rings (SSSR count). The van der Waals surface area contributed by atoms with Crippen molar-refractivity contribution < 1.29 is 41.7 Å². The van der Waals surface area contributed by atoms with Crippen LogP contribution in [0.4, 0.5) is 41.1 Å². The average molecular weight is 800 g/mol. The third-order valence-corrected chi connectivity index (χ3v) is 8.61. The standard InChI is InChI=1S/C42H44F3N7O6/c1-27(2)36-26-38(52(51-36)31-11-9-28(3)10-12-31)49-41(53)48-35-13-14-37(34-8-6-5-7-33(34)35)58-39-15-16-46-40(50-39)47-30-23-29(42(43,44)45)24-32(25-30)57-22-21-56-20-19-55-18-17-54-4/h5-16,23-27H,17-22H2,1-4H3,(H,46,47,50)(H2,48,49,53). The van der Waals surface area contributed by atoms with Crippen LogP contribution >= 0.6 is 0 Å². The number of urea groups is 1. The van der Waals surface area contributed by atoms with Gasteiger partial charge < -0.3 is 34.3 Å². The number of anilines is 4. The third kappa shape index (κ3) is 11.2. The Balaban J connectivity index is 1.13. The van der Waals surface area contributed by atoms with Crippen LogP contribution in [0.1, 0.15) is 36.6 Å². The Morgan fingerprint density at radius 2 is 1.55 bits per heavy atom. The van der Waals surface area contributed by atoms with Gasteiger partial charge in [0.2, 0.25) is 11.8 Å². The molecule has 6 aromatic rings. The van der Waals surface area contributed by atoms with Crippen LogP contribution in [-0.2, 0) is 20.4 Å². The van der Waals surface area contributed by atoms with Gasteiger partial charge in [0.25, 0.3) is 0 Å². The Kier molecular flexibility index (Phi) is 13.8. The first-order valence-electron chi connectivity index (χ1n) is 18.5. The lowest BCUT2D eigenvalue weighted by molar-refractivity contribution is -0.137. The molecule has 13 nitrogen and oxygen atoms in total. The Hall–Kier alpha value is -6.23. The van der Waals surface area contributed by atoms with Crippen LogP contribution < -0.4 is 25.4 Å². The quantitative estimate of drug-likeness (QED) is 0.0720. The second-order valence-electron chi connectivity index (χ2n) is 13.3. The summed E-state index contributed by atoms with van der Waals surface area (Å²) in [5.41, 5.74) is 2.40. The topological polar surface area (TPSA) is 143 Å². The van der Waals surface area contributed by atoms with Gasteiger partial charge in [0.1, 0.15) is 23.9 Å². The Bertz CT molecular complexity index is 2300. The van der Waals surface area contributed by atoms with Crippen LogP contribution in [0, 0.1) is 6.92 Å². The normalized spacial score (nSPS) is 11.5. The number of nitrogens with zero attached hydrogens (tertiary/aromatic N) is 4. The van der Waals surface area contributed by atoms with Crippen molar-refractivity contribution in [1.82, 2.24) is 19.7 Å². The summed E-state index contributed by atoms with van der Waals surface area (Å²) >= 11 is 0. The summed E-state index contributed by atoms with van der Waals surface area (Å²) in [6.45, 7) is 7.79. The van der Waals surface area contributed by atoms with E-state index in [1.807, 2.05) is 75.4 Å². The van der Waals surface area contributed by atoms with Crippen molar-refractivity contribution in [3.8, 4) is 23.1 Å². The highest BCUT2D eigenvalue weighted by Gasteiger charge is 2.31. The van der Waals surface area contributed by atoms with Crippen molar-refractivity contribution in [3.05, 3.63) is 114 Å². The van der Waals surface area contributed by atoms with E-state index < -0.39 is 17.8 Å². The summed E-state index contributed by atoms with van der Waals surface area (Å²) in [4.78, 5) is 22.0. The molecule has 0 fully saturated rings. The predicted octanol–water partition coefficient (Wildman–Crippen LogP) is 9.50. The van der Waals surface area contributed by atoms with Gasteiger partial charge in [-0.1, -0.05) is 55.8 Å². The van der Waals surface area contributed by atoms with Crippen LogP contribution in [0.2, 0.25) is 0 Å². The lowest BCUT2D eigenvalue weighted by atomic mass is 10.1. The minimum Gasteiger partial charge on any atom is -0.491 e.